The summed E-state index contributed by atoms with van der Waals surface area (Å²) in [5.41, 5.74) is -0.495. The molecular weight excluding hydrogens is 206 g/mol. The predicted molar refractivity (Wildman–Crippen MR) is 62.5 cm³/mol. The van der Waals surface area contributed by atoms with Crippen molar-refractivity contribution in [1.82, 2.24) is 9.78 Å². The maximum absolute atomic E-state index is 11.4. The first kappa shape index (κ1) is 12.5. The van der Waals surface area contributed by atoms with Gasteiger partial charge in [-0.25, -0.2) is 4.79 Å². The quantitative estimate of drug-likeness (QED) is 0.842. The summed E-state index contributed by atoms with van der Waals surface area (Å²) in [5, 5.41) is 6.77. The molecule has 1 N–H and O–H groups in total. The Morgan fingerprint density at radius 1 is 1.50 bits per heavy atom. The molecule has 0 saturated heterocycles. The molecule has 0 aliphatic carbocycles. The number of nitrogens with zero attached hydrogens (tertiary/aromatic N) is 2. The minimum Gasteiger partial charge on any atom is -0.444 e. The van der Waals surface area contributed by atoms with Gasteiger partial charge in [0, 0.05) is 18.3 Å². The molecule has 0 saturated carbocycles. The number of anilines is 1. The molecule has 0 spiro atoms. The number of hydrogen-bond acceptors (Lipinski definition) is 3. The van der Waals surface area contributed by atoms with Gasteiger partial charge < -0.3 is 4.74 Å². The van der Waals surface area contributed by atoms with E-state index in [0.717, 1.165) is 0 Å². The summed E-state index contributed by atoms with van der Waals surface area (Å²) >= 11 is 0. The van der Waals surface area contributed by atoms with Gasteiger partial charge in [-0.05, 0) is 34.6 Å². The molecule has 0 aromatic carbocycles. The molecule has 1 amide bonds. The van der Waals surface area contributed by atoms with Crippen molar-refractivity contribution in [2.45, 2.75) is 46.3 Å². The van der Waals surface area contributed by atoms with E-state index in [9.17, 15) is 4.79 Å². The van der Waals surface area contributed by atoms with Crippen LogP contribution in [0.4, 0.5) is 10.6 Å². The van der Waals surface area contributed by atoms with Crippen molar-refractivity contribution in [3.63, 3.8) is 0 Å². The maximum Gasteiger partial charge on any atom is 0.413 e. The fourth-order valence-electron chi connectivity index (χ4n) is 1.10. The molecule has 1 rings (SSSR count). The Balaban J connectivity index is 2.57. The molecule has 0 bridgehead atoms. The Kier molecular flexibility index (Phi) is 3.57. The summed E-state index contributed by atoms with van der Waals surface area (Å²) in [4.78, 5) is 11.4. The van der Waals surface area contributed by atoms with Gasteiger partial charge in [0.25, 0.3) is 0 Å². The van der Waals surface area contributed by atoms with Crippen LogP contribution in [0.5, 0.6) is 0 Å². The number of ether oxygens (including phenoxy) is 1. The lowest BCUT2D eigenvalue weighted by Crippen LogP contribution is -2.27. The monoisotopic (exact) mass is 225 g/mol. The lowest BCUT2D eigenvalue weighted by Gasteiger charge is -2.19. The Bertz CT molecular complexity index is 364. The summed E-state index contributed by atoms with van der Waals surface area (Å²) in [6.45, 7) is 9.49. The second-order valence-electron chi connectivity index (χ2n) is 4.90. The van der Waals surface area contributed by atoms with Crippen molar-refractivity contribution in [2.24, 2.45) is 0 Å². The molecule has 1 aromatic heterocycles. The number of amides is 1. The van der Waals surface area contributed by atoms with Crippen LogP contribution >= 0.6 is 0 Å². The molecule has 0 radical (unpaired) electrons. The van der Waals surface area contributed by atoms with Gasteiger partial charge >= 0.3 is 6.09 Å². The van der Waals surface area contributed by atoms with E-state index in [1.807, 2.05) is 40.8 Å². The third kappa shape index (κ3) is 3.92. The zero-order chi connectivity index (χ0) is 12.3. The predicted octanol–water partition coefficient (Wildman–Crippen LogP) is 2.81. The molecule has 0 aliphatic rings. The Labute approximate surface area is 95.8 Å². The first-order chi connectivity index (χ1) is 7.28. The van der Waals surface area contributed by atoms with Crippen molar-refractivity contribution in [2.75, 3.05) is 5.32 Å². The van der Waals surface area contributed by atoms with Gasteiger partial charge in [0.05, 0.1) is 0 Å². The van der Waals surface area contributed by atoms with E-state index < -0.39 is 11.7 Å². The topological polar surface area (TPSA) is 56.2 Å². The second kappa shape index (κ2) is 4.55. The van der Waals surface area contributed by atoms with Gasteiger partial charge in [-0.1, -0.05) is 0 Å². The fourth-order valence-corrected chi connectivity index (χ4v) is 1.10. The van der Waals surface area contributed by atoms with Gasteiger partial charge in [0.1, 0.15) is 5.60 Å². The Hall–Kier alpha value is -1.52. The Morgan fingerprint density at radius 2 is 2.12 bits per heavy atom. The second-order valence-corrected chi connectivity index (χ2v) is 4.90. The standard InChI is InChI=1S/C11H19N3O2/c1-8(2)14-7-6-9(13-14)12-10(15)16-11(3,4)5/h6-8H,1-5H3,(H,12,13,15). The molecule has 1 aromatic rings. The third-order valence-electron chi connectivity index (χ3n) is 1.77. The van der Waals surface area contributed by atoms with E-state index in [-0.39, 0.29) is 6.04 Å². The van der Waals surface area contributed by atoms with Crippen LogP contribution in [-0.2, 0) is 4.74 Å². The average Bonchev–Trinajstić information content (AvgIpc) is 2.48. The van der Waals surface area contributed by atoms with E-state index in [0.29, 0.717) is 5.82 Å². The van der Waals surface area contributed by atoms with Crippen LogP contribution < -0.4 is 5.32 Å². The normalized spacial score (nSPS) is 11.6. The maximum atomic E-state index is 11.4. The number of carbonyl (C=O) groups is 1. The number of hydrogen-bond donors (Lipinski definition) is 1. The number of rotatable bonds is 2. The van der Waals surface area contributed by atoms with Crippen molar-refractivity contribution >= 4 is 11.9 Å². The minimum atomic E-state index is -0.495. The van der Waals surface area contributed by atoms with E-state index in [1.165, 1.54) is 0 Å². The smallest absolute Gasteiger partial charge is 0.413 e. The van der Waals surface area contributed by atoms with Gasteiger partial charge in [-0.2, -0.15) is 5.10 Å². The van der Waals surface area contributed by atoms with Crippen LogP contribution in [0.2, 0.25) is 0 Å². The van der Waals surface area contributed by atoms with Crippen molar-refractivity contribution in [3.8, 4) is 0 Å². The highest BCUT2D eigenvalue weighted by atomic mass is 16.6. The van der Waals surface area contributed by atoms with Crippen molar-refractivity contribution in [1.29, 1.82) is 0 Å². The first-order valence-corrected chi connectivity index (χ1v) is 5.33. The Morgan fingerprint density at radius 3 is 2.56 bits per heavy atom. The van der Waals surface area contributed by atoms with Gasteiger partial charge in [-0.3, -0.25) is 10.00 Å². The summed E-state index contributed by atoms with van der Waals surface area (Å²) in [6, 6.07) is 2.01. The lowest BCUT2D eigenvalue weighted by molar-refractivity contribution is 0.0635. The largest absolute Gasteiger partial charge is 0.444 e. The van der Waals surface area contributed by atoms with Crippen LogP contribution in [0.1, 0.15) is 40.7 Å². The highest BCUT2D eigenvalue weighted by Gasteiger charge is 2.16. The van der Waals surface area contributed by atoms with Gasteiger partial charge in [0.15, 0.2) is 5.82 Å². The molecule has 5 heteroatoms. The summed E-state index contributed by atoms with van der Waals surface area (Å²) < 4.78 is 6.88. The molecule has 1 heterocycles. The highest BCUT2D eigenvalue weighted by Crippen LogP contribution is 2.11. The zero-order valence-electron chi connectivity index (χ0n) is 10.4. The number of aromatic nitrogens is 2. The van der Waals surface area contributed by atoms with E-state index in [4.69, 9.17) is 4.74 Å². The molecule has 90 valence electrons. The molecule has 0 aliphatic heterocycles. The average molecular weight is 225 g/mol. The SMILES string of the molecule is CC(C)n1ccc(NC(=O)OC(C)(C)C)n1. The van der Waals surface area contributed by atoms with Crippen LogP contribution in [0, 0.1) is 0 Å². The summed E-state index contributed by atoms with van der Waals surface area (Å²) in [6.07, 6.45) is 1.33. The van der Waals surface area contributed by atoms with Crippen LogP contribution in [0.15, 0.2) is 12.3 Å². The number of nitrogens with one attached hydrogen (secondary N) is 1. The zero-order valence-corrected chi connectivity index (χ0v) is 10.4. The van der Waals surface area contributed by atoms with E-state index in [1.54, 1.807) is 10.7 Å². The van der Waals surface area contributed by atoms with E-state index >= 15 is 0 Å². The van der Waals surface area contributed by atoms with Crippen molar-refractivity contribution < 1.29 is 9.53 Å². The van der Waals surface area contributed by atoms with Crippen LogP contribution in [0.25, 0.3) is 0 Å². The molecule has 0 unspecified atom stereocenters. The molecule has 0 atom stereocenters. The lowest BCUT2D eigenvalue weighted by atomic mass is 10.2. The number of carbonyl (C=O) groups excluding carboxylic acids is 1. The molecular formula is C11H19N3O2. The van der Waals surface area contributed by atoms with E-state index in [2.05, 4.69) is 10.4 Å². The first-order valence-electron chi connectivity index (χ1n) is 5.33. The minimum absolute atomic E-state index is 0.272. The molecule has 16 heavy (non-hydrogen) atoms. The summed E-state index contributed by atoms with van der Waals surface area (Å²) in [7, 11) is 0. The van der Waals surface area contributed by atoms with Gasteiger partial charge in [0.2, 0.25) is 0 Å². The summed E-state index contributed by atoms with van der Waals surface area (Å²) in [5.74, 6) is 0.503. The van der Waals surface area contributed by atoms with Crippen LogP contribution in [0.3, 0.4) is 0 Å². The van der Waals surface area contributed by atoms with Crippen molar-refractivity contribution in [3.05, 3.63) is 12.3 Å². The molecule has 0 fully saturated rings. The fraction of sp³-hybridized carbons (Fsp3) is 0.636. The highest BCUT2D eigenvalue weighted by molar-refractivity contribution is 5.83. The van der Waals surface area contributed by atoms with Gasteiger partial charge in [-0.15, -0.1) is 0 Å². The van der Waals surface area contributed by atoms with Crippen LogP contribution in [-0.4, -0.2) is 21.5 Å². The molecule has 5 nitrogen and oxygen atoms in total. The third-order valence-corrected chi connectivity index (χ3v) is 1.77.